The first-order valence-corrected chi connectivity index (χ1v) is 5.48. The maximum atomic E-state index is 11.7. The van der Waals surface area contributed by atoms with E-state index in [1.165, 1.54) is 0 Å². The number of piperidine rings is 1. The van der Waals surface area contributed by atoms with Crippen LogP contribution in [0, 0.1) is 0 Å². The quantitative estimate of drug-likeness (QED) is 0.614. The Kier molecular flexibility index (Phi) is 3.02. The molecule has 2 fully saturated rings. The van der Waals surface area contributed by atoms with Crippen LogP contribution in [0.2, 0.25) is 0 Å². The van der Waals surface area contributed by atoms with E-state index < -0.39 is 0 Å². The zero-order valence-electron chi connectivity index (χ0n) is 8.79. The van der Waals surface area contributed by atoms with E-state index in [0.717, 1.165) is 32.2 Å². The smallest absolute Gasteiger partial charge is 0.238 e. The third kappa shape index (κ3) is 2.18. The van der Waals surface area contributed by atoms with E-state index >= 15 is 0 Å². The van der Waals surface area contributed by atoms with Crippen LogP contribution in [0.3, 0.4) is 0 Å². The summed E-state index contributed by atoms with van der Waals surface area (Å²) in [6.07, 6.45) is 3.80. The summed E-state index contributed by atoms with van der Waals surface area (Å²) < 4.78 is 0. The fraction of sp³-hybridized carbons (Fsp3) is 0.800. The number of hydrogen-bond acceptors (Lipinski definition) is 4. The molecule has 2 N–H and O–H groups in total. The zero-order valence-corrected chi connectivity index (χ0v) is 8.79. The van der Waals surface area contributed by atoms with Crippen LogP contribution in [0.5, 0.6) is 0 Å². The van der Waals surface area contributed by atoms with Gasteiger partial charge in [-0.2, -0.15) is 0 Å². The summed E-state index contributed by atoms with van der Waals surface area (Å²) in [5.41, 5.74) is 3.24. The summed E-state index contributed by atoms with van der Waals surface area (Å²) in [4.78, 5) is 21.9. The molecular weight excluding hydrogens is 194 g/mol. The van der Waals surface area contributed by atoms with E-state index in [1.54, 1.807) is 5.01 Å². The second kappa shape index (κ2) is 4.28. The third-order valence-electron chi connectivity index (χ3n) is 3.19. The molecule has 0 bridgehead atoms. The second-order valence-electron chi connectivity index (χ2n) is 4.32. The molecule has 0 saturated carbocycles. The van der Waals surface area contributed by atoms with E-state index in [4.69, 9.17) is 0 Å². The van der Waals surface area contributed by atoms with Crippen LogP contribution in [-0.4, -0.2) is 42.4 Å². The molecule has 2 rings (SSSR count). The molecule has 2 saturated heterocycles. The Hall–Kier alpha value is -0.940. The Bertz CT molecular complexity index is 261. The number of carbonyl (C=O) groups is 2. The molecule has 0 atom stereocenters. The van der Waals surface area contributed by atoms with Crippen molar-refractivity contribution in [2.75, 3.05) is 19.6 Å². The van der Waals surface area contributed by atoms with E-state index in [9.17, 15) is 9.59 Å². The molecule has 0 aromatic rings. The van der Waals surface area contributed by atoms with E-state index in [0.29, 0.717) is 19.4 Å². The number of nitrogens with zero attached hydrogens (tertiary/aromatic N) is 1. The standard InChI is InChI=1S/C10H17N3O2/c14-7-1-6-13-9(15)8-10(12-13)2-4-11-5-3-10/h7,11-12H,1-6,8H2. The molecule has 0 unspecified atom stereocenters. The Morgan fingerprint density at radius 1 is 1.40 bits per heavy atom. The molecule has 1 amide bonds. The predicted molar refractivity (Wildman–Crippen MR) is 55.0 cm³/mol. The molecule has 15 heavy (non-hydrogen) atoms. The molecule has 2 aliphatic heterocycles. The minimum Gasteiger partial charge on any atom is -0.317 e. The lowest BCUT2D eigenvalue weighted by atomic mass is 9.87. The van der Waals surface area contributed by atoms with Crippen molar-refractivity contribution in [1.29, 1.82) is 0 Å². The average molecular weight is 211 g/mol. The van der Waals surface area contributed by atoms with Crippen molar-refractivity contribution < 1.29 is 9.59 Å². The normalized spacial score (nSPS) is 24.8. The third-order valence-corrected chi connectivity index (χ3v) is 3.19. The first kappa shape index (κ1) is 10.6. The molecule has 0 aromatic carbocycles. The maximum Gasteiger partial charge on any atom is 0.238 e. The van der Waals surface area contributed by atoms with Crippen LogP contribution in [-0.2, 0) is 9.59 Å². The fourth-order valence-corrected chi connectivity index (χ4v) is 2.33. The van der Waals surface area contributed by atoms with Gasteiger partial charge in [0.25, 0.3) is 0 Å². The number of rotatable bonds is 3. The molecule has 5 nitrogen and oxygen atoms in total. The average Bonchev–Trinajstić information content (AvgIpc) is 2.53. The summed E-state index contributed by atoms with van der Waals surface area (Å²) >= 11 is 0. The molecule has 1 spiro atoms. The summed E-state index contributed by atoms with van der Waals surface area (Å²) in [5, 5.41) is 4.89. The van der Waals surface area contributed by atoms with Gasteiger partial charge in [0.15, 0.2) is 0 Å². The van der Waals surface area contributed by atoms with Crippen molar-refractivity contribution in [2.24, 2.45) is 0 Å². The first-order valence-electron chi connectivity index (χ1n) is 5.48. The zero-order chi connectivity index (χ0) is 10.7. The molecule has 0 radical (unpaired) electrons. The fourth-order valence-electron chi connectivity index (χ4n) is 2.33. The van der Waals surface area contributed by atoms with Crippen LogP contribution in [0.25, 0.3) is 0 Å². The van der Waals surface area contributed by atoms with Crippen molar-refractivity contribution in [2.45, 2.75) is 31.2 Å². The molecule has 2 heterocycles. The Morgan fingerprint density at radius 2 is 2.13 bits per heavy atom. The van der Waals surface area contributed by atoms with Gasteiger partial charge in [-0.1, -0.05) is 0 Å². The molecule has 2 aliphatic rings. The Morgan fingerprint density at radius 3 is 2.80 bits per heavy atom. The van der Waals surface area contributed by atoms with Gasteiger partial charge in [0.2, 0.25) is 5.91 Å². The van der Waals surface area contributed by atoms with Gasteiger partial charge in [0.05, 0.1) is 0 Å². The molecular formula is C10H17N3O2. The molecule has 5 heteroatoms. The summed E-state index contributed by atoms with van der Waals surface area (Å²) in [7, 11) is 0. The van der Waals surface area contributed by atoms with Gasteiger partial charge in [-0.05, 0) is 25.9 Å². The number of aldehydes is 1. The first-order chi connectivity index (χ1) is 7.26. The van der Waals surface area contributed by atoms with Gasteiger partial charge in [-0.25, -0.2) is 5.43 Å². The van der Waals surface area contributed by atoms with Gasteiger partial charge >= 0.3 is 0 Å². The maximum absolute atomic E-state index is 11.7. The van der Waals surface area contributed by atoms with Crippen molar-refractivity contribution in [1.82, 2.24) is 15.8 Å². The monoisotopic (exact) mass is 211 g/mol. The Balaban J connectivity index is 1.95. The minimum absolute atomic E-state index is 0.0365. The van der Waals surface area contributed by atoms with Crippen LogP contribution < -0.4 is 10.7 Å². The van der Waals surface area contributed by atoms with E-state index in [-0.39, 0.29) is 11.4 Å². The van der Waals surface area contributed by atoms with E-state index in [1.807, 2.05) is 0 Å². The number of hydrogen-bond donors (Lipinski definition) is 2. The SMILES string of the molecule is O=CCCN1NC2(CCNCC2)CC1=O. The lowest BCUT2D eigenvalue weighted by molar-refractivity contribution is -0.129. The number of hydrazine groups is 1. The summed E-state index contributed by atoms with van der Waals surface area (Å²) in [6.45, 7) is 2.42. The summed E-state index contributed by atoms with van der Waals surface area (Å²) in [6, 6.07) is 0. The van der Waals surface area contributed by atoms with Gasteiger partial charge in [-0.3, -0.25) is 9.80 Å². The molecule has 0 aliphatic carbocycles. The number of amides is 1. The van der Waals surface area contributed by atoms with Crippen LogP contribution >= 0.6 is 0 Å². The number of nitrogens with one attached hydrogen (secondary N) is 2. The van der Waals surface area contributed by atoms with Gasteiger partial charge in [0.1, 0.15) is 6.29 Å². The highest BCUT2D eigenvalue weighted by Gasteiger charge is 2.42. The highest BCUT2D eigenvalue weighted by molar-refractivity contribution is 5.79. The van der Waals surface area contributed by atoms with Crippen molar-refractivity contribution in [3.05, 3.63) is 0 Å². The molecule has 84 valence electrons. The highest BCUT2D eigenvalue weighted by Crippen LogP contribution is 2.28. The largest absolute Gasteiger partial charge is 0.317 e. The molecule has 0 aromatic heterocycles. The van der Waals surface area contributed by atoms with Gasteiger partial charge < -0.3 is 10.1 Å². The van der Waals surface area contributed by atoms with Gasteiger partial charge in [-0.15, -0.1) is 0 Å². The lowest BCUT2D eigenvalue weighted by Crippen LogP contribution is -2.52. The van der Waals surface area contributed by atoms with Gasteiger partial charge in [0, 0.05) is 24.9 Å². The topological polar surface area (TPSA) is 61.4 Å². The van der Waals surface area contributed by atoms with Crippen LogP contribution in [0.4, 0.5) is 0 Å². The van der Waals surface area contributed by atoms with Crippen molar-refractivity contribution in [3.63, 3.8) is 0 Å². The summed E-state index contributed by atoms with van der Waals surface area (Å²) in [5.74, 6) is 0.124. The highest BCUT2D eigenvalue weighted by atomic mass is 16.2. The second-order valence-corrected chi connectivity index (χ2v) is 4.32. The van der Waals surface area contributed by atoms with E-state index in [2.05, 4.69) is 10.7 Å². The van der Waals surface area contributed by atoms with Crippen molar-refractivity contribution >= 4 is 12.2 Å². The van der Waals surface area contributed by atoms with Crippen LogP contribution in [0.1, 0.15) is 25.7 Å². The Labute approximate surface area is 89.2 Å². The lowest BCUT2D eigenvalue weighted by Gasteiger charge is -2.33. The number of carbonyl (C=O) groups excluding carboxylic acids is 2. The predicted octanol–water partition coefficient (Wildman–Crippen LogP) is -0.565. The van der Waals surface area contributed by atoms with Crippen molar-refractivity contribution in [3.8, 4) is 0 Å². The minimum atomic E-state index is -0.0365. The van der Waals surface area contributed by atoms with Crippen LogP contribution in [0.15, 0.2) is 0 Å².